The quantitative estimate of drug-likeness (QED) is 0.504. The zero-order valence-corrected chi connectivity index (χ0v) is 19.5. The van der Waals surface area contributed by atoms with Crippen LogP contribution in [0.3, 0.4) is 0 Å². The zero-order chi connectivity index (χ0) is 25.0. The van der Waals surface area contributed by atoms with Gasteiger partial charge in [0.2, 0.25) is 0 Å². The van der Waals surface area contributed by atoms with Crippen LogP contribution in [-0.2, 0) is 17.8 Å². The minimum Gasteiger partial charge on any atom is -0.381 e. The molecule has 3 N–H and O–H groups in total. The third-order valence-corrected chi connectivity index (χ3v) is 5.93. The van der Waals surface area contributed by atoms with Gasteiger partial charge in [-0.3, -0.25) is 4.79 Å². The average Bonchev–Trinajstić information content (AvgIpc) is 3.20. The van der Waals surface area contributed by atoms with E-state index in [4.69, 9.17) is 10.5 Å². The number of aromatic nitrogens is 3. The van der Waals surface area contributed by atoms with E-state index < -0.39 is 12.7 Å². The molecular weight excluding hydrogens is 461 g/mol. The van der Waals surface area contributed by atoms with E-state index >= 15 is 0 Å². The van der Waals surface area contributed by atoms with Crippen LogP contribution in [0.25, 0.3) is 22.3 Å². The molecule has 0 bridgehead atoms. The summed E-state index contributed by atoms with van der Waals surface area (Å²) in [7, 11) is 1.96. The average molecular weight is 491 g/mol. The molecule has 2 aromatic heterocycles. The smallest absolute Gasteiger partial charge is 0.381 e. The minimum absolute atomic E-state index is 0.0163. The van der Waals surface area contributed by atoms with E-state index in [9.17, 15) is 18.0 Å². The number of nitrogens with one attached hydrogen (secondary N) is 1. The van der Waals surface area contributed by atoms with Crippen molar-refractivity contribution in [3.8, 4) is 11.3 Å². The van der Waals surface area contributed by atoms with Crippen LogP contribution < -0.4 is 11.1 Å². The molecule has 0 spiro atoms. The molecule has 4 rings (SSSR count). The summed E-state index contributed by atoms with van der Waals surface area (Å²) in [6, 6.07) is 9.13. The fourth-order valence-electron chi connectivity index (χ4n) is 4.21. The van der Waals surface area contributed by atoms with Crippen LogP contribution in [0.2, 0.25) is 0 Å². The third kappa shape index (κ3) is 6.36. The molecule has 0 saturated carbocycles. The summed E-state index contributed by atoms with van der Waals surface area (Å²) in [6.07, 6.45) is -1.85. The zero-order valence-electron chi connectivity index (χ0n) is 19.5. The van der Waals surface area contributed by atoms with Gasteiger partial charge in [-0.1, -0.05) is 18.2 Å². The second kappa shape index (κ2) is 10.7. The van der Waals surface area contributed by atoms with Crippen molar-refractivity contribution in [1.29, 1.82) is 0 Å². The highest BCUT2D eigenvalue weighted by Gasteiger charge is 2.30. The molecule has 188 valence electrons. The number of carbonyl (C=O) groups excluding carboxylic acids is 1. The molecule has 0 atom stereocenters. The number of halogens is 3. The lowest BCUT2D eigenvalue weighted by molar-refractivity contribution is -0.141. The number of carbonyl (C=O) groups is 1. The Morgan fingerprint density at radius 2 is 2.06 bits per heavy atom. The van der Waals surface area contributed by atoms with Gasteiger partial charge in [0.1, 0.15) is 6.54 Å². The first-order valence-electron chi connectivity index (χ1n) is 11.5. The number of hydrogen-bond donors (Lipinski definition) is 2. The van der Waals surface area contributed by atoms with Gasteiger partial charge < -0.3 is 20.7 Å². The van der Waals surface area contributed by atoms with Gasteiger partial charge >= 0.3 is 6.18 Å². The number of nitrogens with zero attached hydrogens (tertiary/aromatic N) is 4. The van der Waals surface area contributed by atoms with Crippen LogP contribution in [0.5, 0.6) is 0 Å². The Balaban J connectivity index is 1.74. The number of pyridine rings is 1. The van der Waals surface area contributed by atoms with Gasteiger partial charge in [0.05, 0.1) is 22.8 Å². The van der Waals surface area contributed by atoms with Crippen LogP contribution in [0.1, 0.15) is 28.8 Å². The molecule has 1 aliphatic heterocycles. The van der Waals surface area contributed by atoms with E-state index in [0.29, 0.717) is 50.4 Å². The Labute approximate surface area is 201 Å². The summed E-state index contributed by atoms with van der Waals surface area (Å²) in [6.45, 7) is 1.72. The maximum Gasteiger partial charge on any atom is 0.408 e. The van der Waals surface area contributed by atoms with Crippen molar-refractivity contribution in [2.75, 3.05) is 33.4 Å². The van der Waals surface area contributed by atoms with Crippen LogP contribution in [0.15, 0.2) is 36.5 Å². The van der Waals surface area contributed by atoms with Gasteiger partial charge in [-0.15, -0.1) is 0 Å². The summed E-state index contributed by atoms with van der Waals surface area (Å²) >= 11 is 0. The van der Waals surface area contributed by atoms with Crippen molar-refractivity contribution >= 4 is 16.9 Å². The number of alkyl halides is 3. The number of fused-ring (bicyclic) bond motifs is 1. The minimum atomic E-state index is -4.48. The van der Waals surface area contributed by atoms with Gasteiger partial charge in [0, 0.05) is 44.5 Å². The lowest BCUT2D eigenvalue weighted by Gasteiger charge is -2.23. The lowest BCUT2D eigenvalue weighted by Crippen LogP contribution is -2.39. The number of ether oxygens (including phenoxy) is 1. The van der Waals surface area contributed by atoms with Crippen LogP contribution in [0, 0.1) is 0 Å². The number of benzene rings is 1. The summed E-state index contributed by atoms with van der Waals surface area (Å²) in [5.74, 6) is -0.365. The maximum atomic E-state index is 13.2. The molecule has 1 aliphatic rings. The molecule has 0 unspecified atom stereocenters. The number of likely N-dealkylation sites (N-methyl/N-ethyl adjacent to an activating group) is 1. The number of rotatable bonds is 8. The Hall–Kier alpha value is -3.02. The molecule has 1 amide bonds. The van der Waals surface area contributed by atoms with E-state index in [0.717, 1.165) is 16.8 Å². The second-order valence-electron chi connectivity index (χ2n) is 8.80. The summed E-state index contributed by atoms with van der Waals surface area (Å²) < 4.78 is 45.7. The molecule has 1 saturated heterocycles. The topological polar surface area (TPSA) is 98.3 Å². The van der Waals surface area contributed by atoms with Crippen molar-refractivity contribution in [2.45, 2.75) is 38.1 Å². The second-order valence-corrected chi connectivity index (χ2v) is 8.80. The van der Waals surface area contributed by atoms with Crippen LogP contribution >= 0.6 is 0 Å². The summed E-state index contributed by atoms with van der Waals surface area (Å²) in [5.41, 5.74) is 8.00. The molecule has 11 heteroatoms. The number of nitrogens with two attached hydrogens (primary N) is 1. The fraction of sp³-hybridized carbons (Fsp3) is 0.458. The fourth-order valence-corrected chi connectivity index (χ4v) is 4.21. The van der Waals surface area contributed by atoms with Gasteiger partial charge in [-0.05, 0) is 37.6 Å². The summed E-state index contributed by atoms with van der Waals surface area (Å²) in [4.78, 5) is 19.8. The SMILES string of the molecule is CN(CCN)Cc1cccc(-c2cc(C(=O)NC3CCOCC3)c3cnn(CC(F)(F)F)c3n2)c1. The number of hydrogen-bond acceptors (Lipinski definition) is 6. The highest BCUT2D eigenvalue weighted by molar-refractivity contribution is 6.06. The molecule has 8 nitrogen and oxygen atoms in total. The molecule has 0 aliphatic carbocycles. The largest absolute Gasteiger partial charge is 0.408 e. The normalized spacial score (nSPS) is 15.1. The predicted octanol–water partition coefficient (Wildman–Crippen LogP) is 2.96. The Bertz CT molecular complexity index is 1170. The predicted molar refractivity (Wildman–Crippen MR) is 126 cm³/mol. The molecule has 0 radical (unpaired) electrons. The van der Waals surface area contributed by atoms with Crippen molar-refractivity contribution in [1.82, 2.24) is 25.0 Å². The first-order valence-corrected chi connectivity index (χ1v) is 11.5. The first-order chi connectivity index (χ1) is 16.7. The van der Waals surface area contributed by atoms with Gasteiger partial charge in [-0.2, -0.15) is 18.3 Å². The van der Waals surface area contributed by atoms with E-state index in [1.54, 1.807) is 6.07 Å². The Morgan fingerprint density at radius 1 is 1.29 bits per heavy atom. The lowest BCUT2D eigenvalue weighted by atomic mass is 10.0. The van der Waals surface area contributed by atoms with E-state index in [1.807, 2.05) is 31.3 Å². The molecule has 1 fully saturated rings. The first kappa shape index (κ1) is 25.1. The summed E-state index contributed by atoms with van der Waals surface area (Å²) in [5, 5.41) is 7.17. The molecule has 1 aromatic carbocycles. The van der Waals surface area contributed by atoms with Gasteiger partial charge in [0.25, 0.3) is 5.91 Å². The van der Waals surface area contributed by atoms with E-state index in [-0.39, 0.29) is 28.5 Å². The standard InChI is InChI=1S/C24H29F3N6O2/c1-32(8-7-28)14-16-3-2-4-17(11-16)21-12-19(23(34)30-18-5-9-35-10-6-18)20-13-29-33(22(20)31-21)15-24(25,26)27/h2-4,11-13,18H,5-10,14-15,28H2,1H3,(H,30,34). The van der Waals surface area contributed by atoms with Crippen molar-refractivity contribution in [3.63, 3.8) is 0 Å². The van der Waals surface area contributed by atoms with Crippen molar-refractivity contribution < 1.29 is 22.7 Å². The molecule has 3 aromatic rings. The highest BCUT2D eigenvalue weighted by atomic mass is 19.4. The Morgan fingerprint density at radius 3 is 2.77 bits per heavy atom. The van der Waals surface area contributed by atoms with Crippen molar-refractivity contribution in [2.24, 2.45) is 5.73 Å². The third-order valence-electron chi connectivity index (χ3n) is 5.93. The van der Waals surface area contributed by atoms with Gasteiger partial charge in [0.15, 0.2) is 5.65 Å². The van der Waals surface area contributed by atoms with Crippen LogP contribution in [0.4, 0.5) is 13.2 Å². The monoisotopic (exact) mass is 490 g/mol. The number of amides is 1. The molecule has 3 heterocycles. The van der Waals surface area contributed by atoms with Crippen LogP contribution in [-0.4, -0.2) is 71.1 Å². The maximum absolute atomic E-state index is 13.2. The van der Waals surface area contributed by atoms with Gasteiger partial charge in [-0.25, -0.2) is 9.67 Å². The highest BCUT2D eigenvalue weighted by Crippen LogP contribution is 2.28. The Kier molecular flexibility index (Phi) is 7.68. The molecule has 35 heavy (non-hydrogen) atoms. The molecular formula is C24H29F3N6O2. The van der Waals surface area contributed by atoms with Crippen molar-refractivity contribution in [3.05, 3.63) is 47.7 Å². The van der Waals surface area contributed by atoms with E-state index in [1.165, 1.54) is 6.20 Å². The van der Waals surface area contributed by atoms with E-state index in [2.05, 4.69) is 20.3 Å².